The number of ether oxygens (including phenoxy) is 1. The summed E-state index contributed by atoms with van der Waals surface area (Å²) in [5, 5.41) is 0. The molecule has 4 nitrogen and oxygen atoms in total. The Morgan fingerprint density at radius 1 is 1.27 bits per heavy atom. The van der Waals surface area contributed by atoms with Crippen LogP contribution in [0.2, 0.25) is 0 Å². The normalized spacial score (nSPS) is 17.6. The number of hydrogen-bond donors (Lipinski definition) is 1. The van der Waals surface area contributed by atoms with Crippen LogP contribution in [0.3, 0.4) is 0 Å². The molecule has 0 radical (unpaired) electrons. The maximum atomic E-state index is 10.0. The molecule has 0 aromatic carbocycles. The second kappa shape index (κ2) is 7.27. The molecule has 0 unspecified atom stereocenters. The molecule has 1 heterocycles. The molecule has 1 amide bonds. The van der Waals surface area contributed by atoms with Gasteiger partial charge in [0.2, 0.25) is 0 Å². The van der Waals surface area contributed by atoms with Gasteiger partial charge in [0.05, 0.1) is 0 Å². The average Bonchev–Trinajstić information content (AvgIpc) is 2.01. The first-order valence-electron chi connectivity index (χ1n) is 5.20. The van der Waals surface area contributed by atoms with Crippen LogP contribution >= 0.6 is 22.9 Å². The van der Waals surface area contributed by atoms with Gasteiger partial charge in [0, 0.05) is 36.0 Å². The highest BCUT2D eigenvalue weighted by Gasteiger charge is 2.12. The van der Waals surface area contributed by atoms with Crippen LogP contribution in [0, 0.1) is 0 Å². The third-order valence-electron chi connectivity index (χ3n) is 1.71. The van der Waals surface area contributed by atoms with Crippen LogP contribution in [-0.2, 0) is 4.74 Å². The van der Waals surface area contributed by atoms with Gasteiger partial charge in [-0.15, -0.1) is 0 Å². The zero-order chi connectivity index (χ0) is 11.9. The summed E-state index contributed by atoms with van der Waals surface area (Å²) >= 11 is 2.39. The van der Waals surface area contributed by atoms with E-state index in [1.54, 1.807) is 20.8 Å². The van der Waals surface area contributed by atoms with Gasteiger partial charge in [-0.1, -0.05) is 6.42 Å². The number of nitrogens with zero attached hydrogens (tertiary/aromatic N) is 1. The van der Waals surface area contributed by atoms with Crippen molar-refractivity contribution in [3.63, 3.8) is 0 Å². The van der Waals surface area contributed by atoms with Crippen molar-refractivity contribution in [3.8, 4) is 0 Å². The number of piperidine rings is 1. The lowest BCUT2D eigenvalue weighted by Crippen LogP contribution is -2.27. The van der Waals surface area contributed by atoms with Crippen LogP contribution < -0.4 is 5.73 Å². The molecule has 1 aliphatic rings. The number of hydrogen-bond acceptors (Lipinski definition) is 3. The summed E-state index contributed by atoms with van der Waals surface area (Å²) in [4.78, 5) is 10.0. The third-order valence-corrected chi connectivity index (χ3v) is 2.67. The number of amides is 1. The molecule has 0 saturated carbocycles. The first-order valence-corrected chi connectivity index (χ1v) is 6.17. The number of nitrogens with two attached hydrogens (primary N) is 1. The molecule has 0 bridgehead atoms. The van der Waals surface area contributed by atoms with Crippen molar-refractivity contribution in [2.24, 2.45) is 5.73 Å². The minimum absolute atomic E-state index is 0.453. The number of primary amides is 1. The largest absolute Gasteiger partial charge is 0.444 e. The Bertz CT molecular complexity index is 186. The Morgan fingerprint density at radius 3 is 1.87 bits per heavy atom. The molecular weight excluding hydrogens is 307 g/mol. The molecule has 5 heteroatoms. The highest BCUT2D eigenvalue weighted by molar-refractivity contribution is 14.1. The van der Waals surface area contributed by atoms with Crippen LogP contribution in [0.1, 0.15) is 40.0 Å². The van der Waals surface area contributed by atoms with Crippen LogP contribution in [0.25, 0.3) is 0 Å². The quantitative estimate of drug-likeness (QED) is 0.549. The Kier molecular flexibility index (Phi) is 7.25. The van der Waals surface area contributed by atoms with Gasteiger partial charge in [-0.2, -0.15) is 0 Å². The highest BCUT2D eigenvalue weighted by atomic mass is 127. The maximum absolute atomic E-state index is 10.0. The third kappa shape index (κ3) is 11.9. The van der Waals surface area contributed by atoms with Gasteiger partial charge in [-0.05, 0) is 33.6 Å². The van der Waals surface area contributed by atoms with E-state index in [0.29, 0.717) is 0 Å². The van der Waals surface area contributed by atoms with E-state index in [1.807, 2.05) is 0 Å². The molecule has 0 atom stereocenters. The molecule has 0 aromatic rings. The lowest BCUT2D eigenvalue weighted by Gasteiger charge is -2.18. The van der Waals surface area contributed by atoms with Gasteiger partial charge in [0.25, 0.3) is 0 Å². The van der Waals surface area contributed by atoms with Crippen molar-refractivity contribution in [2.75, 3.05) is 13.1 Å². The SMILES string of the molecule is CC(C)(C)OC(N)=O.IN1CCCCC1. The highest BCUT2D eigenvalue weighted by Crippen LogP contribution is 2.11. The van der Waals surface area contributed by atoms with E-state index in [-0.39, 0.29) is 0 Å². The summed E-state index contributed by atoms with van der Waals surface area (Å²) < 4.78 is 6.94. The number of halogens is 1. The van der Waals surface area contributed by atoms with E-state index in [0.717, 1.165) is 0 Å². The molecule has 1 aliphatic heterocycles. The minimum atomic E-state index is -0.725. The van der Waals surface area contributed by atoms with Crippen molar-refractivity contribution in [1.29, 1.82) is 0 Å². The second-order valence-corrected chi connectivity index (χ2v) is 5.87. The molecule has 1 rings (SSSR count). The monoisotopic (exact) mass is 328 g/mol. The van der Waals surface area contributed by atoms with Crippen LogP contribution in [0.4, 0.5) is 4.79 Å². The van der Waals surface area contributed by atoms with Crippen molar-refractivity contribution in [1.82, 2.24) is 3.11 Å². The molecule has 0 aliphatic carbocycles. The van der Waals surface area contributed by atoms with Crippen molar-refractivity contribution < 1.29 is 9.53 Å². The van der Waals surface area contributed by atoms with E-state index >= 15 is 0 Å². The molecule has 90 valence electrons. The van der Waals surface area contributed by atoms with Gasteiger partial charge in [0.1, 0.15) is 5.60 Å². The summed E-state index contributed by atoms with van der Waals surface area (Å²) in [7, 11) is 0. The fraction of sp³-hybridized carbons (Fsp3) is 0.900. The van der Waals surface area contributed by atoms with Crippen LogP contribution in [0.5, 0.6) is 0 Å². The van der Waals surface area contributed by atoms with Crippen LogP contribution in [-0.4, -0.2) is 27.9 Å². The molecular formula is C10H21IN2O2. The van der Waals surface area contributed by atoms with Gasteiger partial charge < -0.3 is 10.5 Å². The fourth-order valence-electron chi connectivity index (χ4n) is 1.16. The Morgan fingerprint density at radius 2 is 1.73 bits per heavy atom. The molecule has 1 fully saturated rings. The first kappa shape index (κ1) is 15.0. The summed E-state index contributed by atoms with van der Waals surface area (Å²) in [6.07, 6.45) is 3.53. The fourth-order valence-corrected chi connectivity index (χ4v) is 1.84. The minimum Gasteiger partial charge on any atom is -0.444 e. The zero-order valence-corrected chi connectivity index (χ0v) is 11.9. The topological polar surface area (TPSA) is 55.6 Å². The summed E-state index contributed by atoms with van der Waals surface area (Å²) in [5.74, 6) is 0. The lowest BCUT2D eigenvalue weighted by molar-refractivity contribution is 0.0600. The van der Waals surface area contributed by atoms with Crippen molar-refractivity contribution >= 4 is 29.0 Å². The Hall–Kier alpha value is -0.0400. The standard InChI is InChI=1S/C5H10IN.C5H11NO2/c6-7-4-2-1-3-5-7;1-5(2,3)8-4(6)7/h1-5H2;1-3H3,(H2,6,7). The summed E-state index contributed by atoms with van der Waals surface area (Å²) in [6, 6.07) is 0. The Balaban J connectivity index is 0.000000262. The van der Waals surface area contributed by atoms with Gasteiger partial charge in [-0.3, -0.25) is 0 Å². The van der Waals surface area contributed by atoms with E-state index < -0.39 is 11.7 Å². The first-order chi connectivity index (χ1) is 6.81. The second-order valence-electron chi connectivity index (χ2n) is 4.50. The van der Waals surface area contributed by atoms with Gasteiger partial charge >= 0.3 is 6.09 Å². The molecule has 1 saturated heterocycles. The maximum Gasteiger partial charge on any atom is 0.405 e. The summed E-state index contributed by atoms with van der Waals surface area (Å²) in [6.45, 7) is 7.90. The van der Waals surface area contributed by atoms with Crippen molar-refractivity contribution in [3.05, 3.63) is 0 Å². The number of rotatable bonds is 0. The predicted octanol–water partition coefficient (Wildman–Crippen LogP) is 2.70. The lowest BCUT2D eigenvalue weighted by atomic mass is 10.2. The van der Waals surface area contributed by atoms with Gasteiger partial charge in [-0.25, -0.2) is 7.91 Å². The number of carbonyl (C=O) groups is 1. The van der Waals surface area contributed by atoms with E-state index in [9.17, 15) is 4.79 Å². The molecule has 2 N–H and O–H groups in total. The van der Waals surface area contributed by atoms with Crippen molar-refractivity contribution in [2.45, 2.75) is 45.6 Å². The predicted molar refractivity (Wildman–Crippen MR) is 69.9 cm³/mol. The zero-order valence-electron chi connectivity index (χ0n) is 9.75. The molecule has 0 aromatic heterocycles. The van der Waals surface area contributed by atoms with Crippen LogP contribution in [0.15, 0.2) is 0 Å². The molecule has 0 spiro atoms. The van der Waals surface area contributed by atoms with E-state index in [1.165, 1.54) is 32.4 Å². The van der Waals surface area contributed by atoms with E-state index in [4.69, 9.17) is 5.73 Å². The van der Waals surface area contributed by atoms with Gasteiger partial charge in [0.15, 0.2) is 0 Å². The van der Waals surface area contributed by atoms with E-state index in [2.05, 4.69) is 30.7 Å². The smallest absolute Gasteiger partial charge is 0.405 e. The molecule has 15 heavy (non-hydrogen) atoms. The number of carbonyl (C=O) groups excluding carboxylic acids is 1. The summed E-state index contributed by atoms with van der Waals surface area (Å²) in [5.41, 5.74) is 4.26. The average molecular weight is 328 g/mol. The Labute approximate surface area is 106 Å².